The standard InChI is InChI=1S/C8H12ClN5O/c9-6-5-11-8(13-10)12-7(6)14-1-3-15-4-2-14/h5H,1-4,10H2,(H,11,12,13). The van der Waals surface area contributed by atoms with Gasteiger partial charge in [-0.25, -0.2) is 10.8 Å². The number of hydrazine groups is 1. The van der Waals surface area contributed by atoms with Crippen molar-refractivity contribution in [1.29, 1.82) is 0 Å². The molecule has 3 N–H and O–H groups in total. The lowest BCUT2D eigenvalue weighted by Gasteiger charge is -2.28. The Kier molecular flexibility index (Phi) is 3.20. The van der Waals surface area contributed by atoms with E-state index in [9.17, 15) is 0 Å². The number of hydrogen-bond acceptors (Lipinski definition) is 6. The van der Waals surface area contributed by atoms with Gasteiger partial charge >= 0.3 is 0 Å². The Labute approximate surface area is 92.4 Å². The summed E-state index contributed by atoms with van der Waals surface area (Å²) in [5.74, 6) is 6.30. The van der Waals surface area contributed by atoms with Gasteiger partial charge in [-0.1, -0.05) is 11.6 Å². The first-order valence-corrected chi connectivity index (χ1v) is 5.01. The van der Waals surface area contributed by atoms with Crippen molar-refractivity contribution < 1.29 is 4.74 Å². The summed E-state index contributed by atoms with van der Waals surface area (Å²) in [5.41, 5.74) is 2.39. The van der Waals surface area contributed by atoms with E-state index in [1.807, 2.05) is 4.90 Å². The van der Waals surface area contributed by atoms with Crippen LogP contribution in [0.1, 0.15) is 0 Å². The molecule has 0 spiro atoms. The topological polar surface area (TPSA) is 76.3 Å². The third kappa shape index (κ3) is 2.28. The molecule has 2 rings (SSSR count). The van der Waals surface area contributed by atoms with Crippen LogP contribution in [0.25, 0.3) is 0 Å². The molecule has 1 aromatic heterocycles. The van der Waals surface area contributed by atoms with Crippen LogP contribution in [0.3, 0.4) is 0 Å². The number of nitrogens with one attached hydrogen (secondary N) is 1. The first kappa shape index (κ1) is 10.4. The van der Waals surface area contributed by atoms with Crippen LogP contribution in [0, 0.1) is 0 Å². The number of anilines is 2. The van der Waals surface area contributed by atoms with E-state index in [1.54, 1.807) is 0 Å². The number of hydrogen-bond donors (Lipinski definition) is 2. The second-order valence-electron chi connectivity index (χ2n) is 3.11. The fourth-order valence-corrected chi connectivity index (χ4v) is 1.64. The average molecular weight is 230 g/mol. The molecule has 1 aromatic rings. The second kappa shape index (κ2) is 4.61. The van der Waals surface area contributed by atoms with Crippen molar-refractivity contribution in [1.82, 2.24) is 9.97 Å². The quantitative estimate of drug-likeness (QED) is 0.559. The summed E-state index contributed by atoms with van der Waals surface area (Å²) in [6, 6.07) is 0. The Morgan fingerprint density at radius 1 is 1.47 bits per heavy atom. The van der Waals surface area contributed by atoms with Crippen molar-refractivity contribution in [3.8, 4) is 0 Å². The van der Waals surface area contributed by atoms with Gasteiger partial charge in [-0.3, -0.25) is 5.43 Å². The van der Waals surface area contributed by atoms with Gasteiger partial charge < -0.3 is 9.64 Å². The zero-order chi connectivity index (χ0) is 10.7. The Morgan fingerprint density at radius 2 is 2.20 bits per heavy atom. The third-order valence-corrected chi connectivity index (χ3v) is 2.43. The predicted octanol–water partition coefficient (Wildman–Crippen LogP) is 0.252. The van der Waals surface area contributed by atoms with Crippen molar-refractivity contribution >= 4 is 23.4 Å². The highest BCUT2D eigenvalue weighted by molar-refractivity contribution is 6.32. The molecule has 15 heavy (non-hydrogen) atoms. The van der Waals surface area contributed by atoms with Crippen LogP contribution in [0.15, 0.2) is 6.20 Å². The molecule has 1 aliphatic rings. The highest BCUT2D eigenvalue weighted by atomic mass is 35.5. The number of nitrogens with zero attached hydrogens (tertiary/aromatic N) is 3. The Morgan fingerprint density at radius 3 is 2.87 bits per heavy atom. The third-order valence-electron chi connectivity index (χ3n) is 2.17. The summed E-state index contributed by atoms with van der Waals surface area (Å²) in [6.07, 6.45) is 1.54. The number of nitrogen functional groups attached to an aromatic ring is 1. The molecule has 0 bridgehead atoms. The minimum atomic E-state index is 0.362. The van der Waals surface area contributed by atoms with Crippen LogP contribution in [0.2, 0.25) is 5.02 Å². The largest absolute Gasteiger partial charge is 0.378 e. The fraction of sp³-hybridized carbons (Fsp3) is 0.500. The molecular formula is C8H12ClN5O. The predicted molar refractivity (Wildman–Crippen MR) is 57.9 cm³/mol. The number of nitrogens with two attached hydrogens (primary N) is 1. The van der Waals surface area contributed by atoms with Gasteiger partial charge in [0.25, 0.3) is 0 Å². The van der Waals surface area contributed by atoms with Crippen molar-refractivity contribution in [2.75, 3.05) is 36.6 Å². The zero-order valence-corrected chi connectivity index (χ0v) is 8.87. The molecule has 0 amide bonds. The van der Waals surface area contributed by atoms with E-state index < -0.39 is 0 Å². The van der Waals surface area contributed by atoms with Gasteiger partial charge in [0.1, 0.15) is 5.02 Å². The van der Waals surface area contributed by atoms with Gasteiger partial charge in [0.05, 0.1) is 19.4 Å². The molecule has 6 nitrogen and oxygen atoms in total. The minimum Gasteiger partial charge on any atom is -0.378 e. The Balaban J connectivity index is 2.24. The monoisotopic (exact) mass is 229 g/mol. The summed E-state index contributed by atoms with van der Waals surface area (Å²) in [4.78, 5) is 10.2. The molecule has 0 aliphatic carbocycles. The average Bonchev–Trinajstić information content (AvgIpc) is 2.31. The van der Waals surface area contributed by atoms with Crippen molar-refractivity contribution in [2.45, 2.75) is 0 Å². The lowest BCUT2D eigenvalue weighted by Crippen LogP contribution is -2.37. The number of aromatic nitrogens is 2. The van der Waals surface area contributed by atoms with Crippen LogP contribution in [-0.4, -0.2) is 36.3 Å². The highest BCUT2D eigenvalue weighted by Gasteiger charge is 2.16. The second-order valence-corrected chi connectivity index (χ2v) is 3.52. The molecule has 0 radical (unpaired) electrons. The Bertz CT molecular complexity index is 342. The maximum Gasteiger partial charge on any atom is 0.239 e. The lowest BCUT2D eigenvalue weighted by atomic mass is 10.4. The van der Waals surface area contributed by atoms with Crippen LogP contribution in [0.5, 0.6) is 0 Å². The minimum absolute atomic E-state index is 0.362. The van der Waals surface area contributed by atoms with Crippen molar-refractivity contribution in [2.24, 2.45) is 5.84 Å². The first-order valence-electron chi connectivity index (χ1n) is 4.63. The number of rotatable bonds is 2. The van der Waals surface area contributed by atoms with E-state index in [-0.39, 0.29) is 0 Å². The summed E-state index contributed by atoms with van der Waals surface area (Å²) < 4.78 is 5.25. The molecular weight excluding hydrogens is 218 g/mol. The van der Waals surface area contributed by atoms with Gasteiger partial charge in [0, 0.05) is 13.1 Å². The molecule has 0 saturated carbocycles. The molecule has 82 valence electrons. The number of morpholine rings is 1. The zero-order valence-electron chi connectivity index (χ0n) is 8.11. The first-order chi connectivity index (χ1) is 7.31. The number of ether oxygens (including phenoxy) is 1. The smallest absolute Gasteiger partial charge is 0.239 e. The van der Waals surface area contributed by atoms with Crippen molar-refractivity contribution in [3.63, 3.8) is 0 Å². The summed E-state index contributed by atoms with van der Waals surface area (Å²) in [6.45, 7) is 2.93. The van der Waals surface area contributed by atoms with Crippen LogP contribution < -0.4 is 16.2 Å². The van der Waals surface area contributed by atoms with Gasteiger partial charge in [-0.05, 0) is 0 Å². The molecule has 1 aliphatic heterocycles. The molecule has 2 heterocycles. The van der Waals surface area contributed by atoms with E-state index in [4.69, 9.17) is 22.2 Å². The summed E-state index contributed by atoms with van der Waals surface area (Å²) in [5, 5.41) is 0.524. The summed E-state index contributed by atoms with van der Waals surface area (Å²) in [7, 11) is 0. The van der Waals surface area contributed by atoms with Crippen LogP contribution in [0.4, 0.5) is 11.8 Å². The highest BCUT2D eigenvalue weighted by Crippen LogP contribution is 2.23. The summed E-state index contributed by atoms with van der Waals surface area (Å²) >= 11 is 6.01. The van der Waals surface area contributed by atoms with E-state index in [0.717, 1.165) is 13.1 Å². The SMILES string of the molecule is NNc1ncc(Cl)c(N2CCOCC2)n1. The van der Waals surface area contributed by atoms with E-state index in [2.05, 4.69) is 15.4 Å². The normalized spacial score (nSPS) is 16.5. The van der Waals surface area contributed by atoms with E-state index in [0.29, 0.717) is 30.0 Å². The van der Waals surface area contributed by atoms with Crippen LogP contribution >= 0.6 is 11.6 Å². The molecule has 0 unspecified atom stereocenters. The Hall–Kier alpha value is -1.11. The van der Waals surface area contributed by atoms with Gasteiger partial charge in [-0.2, -0.15) is 4.98 Å². The maximum atomic E-state index is 6.01. The van der Waals surface area contributed by atoms with Crippen LogP contribution in [-0.2, 0) is 4.74 Å². The molecule has 7 heteroatoms. The van der Waals surface area contributed by atoms with Crippen molar-refractivity contribution in [3.05, 3.63) is 11.2 Å². The van der Waals surface area contributed by atoms with Gasteiger partial charge in [0.2, 0.25) is 5.95 Å². The lowest BCUT2D eigenvalue weighted by molar-refractivity contribution is 0.122. The van der Waals surface area contributed by atoms with Gasteiger partial charge in [-0.15, -0.1) is 0 Å². The van der Waals surface area contributed by atoms with E-state index in [1.165, 1.54) is 6.20 Å². The maximum absolute atomic E-state index is 6.01. The molecule has 1 saturated heterocycles. The molecule has 0 aromatic carbocycles. The molecule has 1 fully saturated rings. The van der Waals surface area contributed by atoms with E-state index >= 15 is 0 Å². The fourth-order valence-electron chi connectivity index (χ4n) is 1.42. The molecule has 0 atom stereocenters. The number of halogens is 1. The van der Waals surface area contributed by atoms with Gasteiger partial charge in [0.15, 0.2) is 5.82 Å².